The Morgan fingerprint density at radius 1 is 1.21 bits per heavy atom. The predicted octanol–water partition coefficient (Wildman–Crippen LogP) is 4.49. The summed E-state index contributed by atoms with van der Waals surface area (Å²) in [7, 11) is -3.65. The van der Waals surface area contributed by atoms with E-state index in [-0.39, 0.29) is 5.82 Å². The largest absolute Gasteiger partial charge is 0.476 e. The van der Waals surface area contributed by atoms with Crippen LogP contribution in [-0.4, -0.2) is 47.5 Å². The summed E-state index contributed by atoms with van der Waals surface area (Å²) in [5, 5.41) is 6.55. The van der Waals surface area contributed by atoms with E-state index in [1.807, 2.05) is 26.0 Å². The first-order chi connectivity index (χ1) is 15.8. The van der Waals surface area contributed by atoms with Crippen LogP contribution in [0.25, 0.3) is 33.0 Å². The number of hydrogen-bond donors (Lipinski definition) is 1. The molecule has 5 rings (SSSR count). The molecule has 9 nitrogen and oxygen atoms in total. The van der Waals surface area contributed by atoms with E-state index in [4.69, 9.17) is 20.9 Å². The van der Waals surface area contributed by atoms with Gasteiger partial charge in [0.25, 0.3) is 0 Å². The minimum absolute atomic E-state index is 0.161. The second-order valence-electron chi connectivity index (χ2n) is 8.34. The number of halogens is 1. The molecule has 3 aromatic heterocycles. The van der Waals surface area contributed by atoms with Crippen molar-refractivity contribution in [2.75, 3.05) is 24.4 Å². The Morgan fingerprint density at radius 2 is 2.03 bits per heavy atom. The fraction of sp³-hybridized carbons (Fsp3) is 0.318. The molecule has 4 heterocycles. The van der Waals surface area contributed by atoms with Crippen LogP contribution in [0.1, 0.15) is 20.3 Å². The molecule has 0 saturated carbocycles. The van der Waals surface area contributed by atoms with E-state index in [9.17, 15) is 8.42 Å². The van der Waals surface area contributed by atoms with Crippen molar-refractivity contribution in [1.29, 1.82) is 0 Å². The summed E-state index contributed by atoms with van der Waals surface area (Å²) in [6.45, 7) is 5.62. The summed E-state index contributed by atoms with van der Waals surface area (Å²) in [6, 6.07) is 7.23. The smallest absolute Gasteiger partial charge is 0.302 e. The van der Waals surface area contributed by atoms with Crippen molar-refractivity contribution in [1.82, 2.24) is 19.4 Å². The van der Waals surface area contributed by atoms with Crippen molar-refractivity contribution in [2.24, 2.45) is 5.92 Å². The highest BCUT2D eigenvalue weighted by molar-refractivity contribution is 7.90. The van der Waals surface area contributed by atoms with Gasteiger partial charge in [-0.25, -0.2) is 4.98 Å². The Balaban J connectivity index is 1.52. The van der Waals surface area contributed by atoms with E-state index < -0.39 is 10.2 Å². The second kappa shape index (κ2) is 8.44. The van der Waals surface area contributed by atoms with Crippen molar-refractivity contribution < 1.29 is 17.7 Å². The van der Waals surface area contributed by atoms with Gasteiger partial charge in [0.2, 0.25) is 5.88 Å². The van der Waals surface area contributed by atoms with Crippen molar-refractivity contribution in [2.45, 2.75) is 20.3 Å². The molecule has 33 heavy (non-hydrogen) atoms. The van der Waals surface area contributed by atoms with Crippen molar-refractivity contribution in [3.8, 4) is 17.1 Å². The zero-order valence-electron chi connectivity index (χ0n) is 18.1. The first kappa shape index (κ1) is 21.9. The van der Waals surface area contributed by atoms with Gasteiger partial charge in [-0.3, -0.25) is 9.71 Å². The number of rotatable bonds is 7. The molecule has 4 aromatic rings. The summed E-state index contributed by atoms with van der Waals surface area (Å²) in [5.74, 6) is 0.895. The van der Waals surface area contributed by atoms with Gasteiger partial charge >= 0.3 is 10.2 Å². The third-order valence-corrected chi connectivity index (χ3v) is 7.14. The van der Waals surface area contributed by atoms with Gasteiger partial charge in [0, 0.05) is 36.4 Å². The average Bonchev–Trinajstić information content (AvgIpc) is 3.10. The third-order valence-electron chi connectivity index (χ3n) is 5.37. The lowest BCUT2D eigenvalue weighted by Crippen LogP contribution is -2.45. The van der Waals surface area contributed by atoms with Crippen LogP contribution in [0.3, 0.4) is 0 Å². The molecule has 1 aliphatic heterocycles. The molecule has 1 N–H and O–H groups in total. The molecule has 1 aliphatic rings. The van der Waals surface area contributed by atoms with Crippen molar-refractivity contribution in [3.05, 3.63) is 41.7 Å². The quantitative estimate of drug-likeness (QED) is 0.409. The van der Waals surface area contributed by atoms with Gasteiger partial charge in [0.05, 0.1) is 17.7 Å². The molecule has 0 unspecified atom stereocenters. The fourth-order valence-electron chi connectivity index (χ4n) is 3.53. The van der Waals surface area contributed by atoms with Crippen LogP contribution in [-0.2, 0) is 10.2 Å². The Bertz CT molecular complexity index is 1450. The van der Waals surface area contributed by atoms with Crippen LogP contribution in [0.2, 0.25) is 5.02 Å². The monoisotopic (exact) mass is 487 g/mol. The number of nitrogens with one attached hydrogen (secondary N) is 1. The summed E-state index contributed by atoms with van der Waals surface area (Å²) in [4.78, 5) is 8.88. The predicted molar refractivity (Wildman–Crippen MR) is 127 cm³/mol. The lowest BCUT2D eigenvalue weighted by molar-refractivity contribution is 0.261. The van der Waals surface area contributed by atoms with Crippen LogP contribution >= 0.6 is 11.6 Å². The second-order valence-corrected chi connectivity index (χ2v) is 10.4. The maximum Gasteiger partial charge on any atom is 0.302 e. The third kappa shape index (κ3) is 4.21. The molecule has 172 valence electrons. The number of fused-ring (bicyclic) bond motifs is 2. The Labute approximate surface area is 195 Å². The molecule has 1 saturated heterocycles. The highest BCUT2D eigenvalue weighted by Crippen LogP contribution is 2.35. The van der Waals surface area contributed by atoms with Crippen LogP contribution < -0.4 is 9.46 Å². The van der Waals surface area contributed by atoms with Crippen LogP contribution in [0.4, 0.5) is 5.82 Å². The number of pyridine rings is 2. The fourth-order valence-corrected chi connectivity index (χ4v) is 5.01. The van der Waals surface area contributed by atoms with E-state index in [1.165, 1.54) is 4.31 Å². The number of aromatic nitrogens is 3. The molecule has 0 aliphatic carbocycles. The van der Waals surface area contributed by atoms with Crippen LogP contribution in [0.15, 0.2) is 41.2 Å². The summed E-state index contributed by atoms with van der Waals surface area (Å²) in [5.41, 5.74) is 1.83. The average molecular weight is 488 g/mol. The molecule has 0 bridgehead atoms. The number of hydrogen-bond acceptors (Lipinski definition) is 7. The van der Waals surface area contributed by atoms with E-state index in [0.717, 1.165) is 22.8 Å². The SMILES string of the molecule is CC(C)COc1ncc(-c2nccc3cc4c(NS(=O)(=O)N5CCC5)noc4cc23)cc1Cl. The van der Waals surface area contributed by atoms with E-state index in [0.29, 0.717) is 53.2 Å². The normalized spacial score (nSPS) is 14.7. The minimum Gasteiger partial charge on any atom is -0.476 e. The first-order valence-corrected chi connectivity index (χ1v) is 12.4. The maximum absolute atomic E-state index is 12.5. The molecule has 0 radical (unpaired) electrons. The van der Waals surface area contributed by atoms with Gasteiger partial charge in [-0.2, -0.15) is 12.7 Å². The molecular formula is C22H22ClN5O4S. The lowest BCUT2D eigenvalue weighted by atomic mass is 10.0. The van der Waals surface area contributed by atoms with Crippen LogP contribution in [0, 0.1) is 5.92 Å². The standard InChI is InChI=1S/C22H22ClN5O4S/c1-13(2)12-31-22-18(23)9-15(11-25-22)20-16-10-19-17(8-14(16)4-5-24-20)21(26-32-19)27-33(29,30)28-6-3-7-28/h4-5,8-11,13H,3,6-7,12H2,1-2H3,(H,26,27). The van der Waals surface area contributed by atoms with Gasteiger partial charge in [0.1, 0.15) is 5.02 Å². The highest BCUT2D eigenvalue weighted by Gasteiger charge is 2.29. The van der Waals surface area contributed by atoms with Gasteiger partial charge in [-0.05, 0) is 42.0 Å². The zero-order valence-corrected chi connectivity index (χ0v) is 19.7. The molecule has 11 heteroatoms. The zero-order chi connectivity index (χ0) is 23.2. The minimum atomic E-state index is -3.65. The number of nitrogens with zero attached hydrogens (tertiary/aromatic N) is 4. The molecule has 1 fully saturated rings. The molecule has 0 spiro atoms. The van der Waals surface area contributed by atoms with Gasteiger partial charge < -0.3 is 9.26 Å². The molecule has 0 atom stereocenters. The van der Waals surface area contributed by atoms with Gasteiger partial charge in [-0.1, -0.05) is 30.6 Å². The van der Waals surface area contributed by atoms with Crippen molar-refractivity contribution >= 4 is 49.4 Å². The molecule has 0 amide bonds. The van der Waals surface area contributed by atoms with E-state index in [2.05, 4.69) is 19.8 Å². The van der Waals surface area contributed by atoms with Gasteiger partial charge in [-0.15, -0.1) is 0 Å². The van der Waals surface area contributed by atoms with E-state index in [1.54, 1.807) is 24.5 Å². The summed E-state index contributed by atoms with van der Waals surface area (Å²) >= 11 is 6.40. The van der Waals surface area contributed by atoms with Crippen LogP contribution in [0.5, 0.6) is 5.88 Å². The molecular weight excluding hydrogens is 466 g/mol. The lowest BCUT2D eigenvalue weighted by Gasteiger charge is -2.29. The van der Waals surface area contributed by atoms with Crippen molar-refractivity contribution in [3.63, 3.8) is 0 Å². The Kier molecular flexibility index (Phi) is 5.59. The number of benzene rings is 1. The Morgan fingerprint density at radius 3 is 2.73 bits per heavy atom. The highest BCUT2D eigenvalue weighted by atomic mass is 35.5. The number of ether oxygens (including phenoxy) is 1. The van der Waals surface area contributed by atoms with Gasteiger partial charge in [0.15, 0.2) is 11.4 Å². The first-order valence-electron chi connectivity index (χ1n) is 10.6. The maximum atomic E-state index is 12.5. The van der Waals surface area contributed by atoms with E-state index >= 15 is 0 Å². The topological polar surface area (TPSA) is 110 Å². The summed E-state index contributed by atoms with van der Waals surface area (Å²) < 4.78 is 39.9. The summed E-state index contributed by atoms with van der Waals surface area (Å²) in [6.07, 6.45) is 4.20. The molecule has 1 aromatic carbocycles. The number of anilines is 1. The Hall–Kier alpha value is -2.95.